The van der Waals surface area contributed by atoms with Crippen molar-refractivity contribution in [3.8, 4) is 0 Å². The average Bonchev–Trinajstić information content (AvgIpc) is 3.08. The van der Waals surface area contributed by atoms with Crippen molar-refractivity contribution in [2.45, 2.75) is 44.7 Å². The largest absolute Gasteiger partial charge is 0.354 e. The molecule has 1 aromatic heterocycles. The van der Waals surface area contributed by atoms with Crippen LogP contribution in [0.25, 0.3) is 0 Å². The third kappa shape index (κ3) is 6.72. The van der Waals surface area contributed by atoms with Crippen molar-refractivity contribution in [3.05, 3.63) is 83.4 Å². The molecule has 0 aliphatic heterocycles. The number of hydrogen-bond acceptors (Lipinski definition) is 4. The van der Waals surface area contributed by atoms with Gasteiger partial charge in [0.05, 0.1) is 5.69 Å². The zero-order valence-corrected chi connectivity index (χ0v) is 19.8. The summed E-state index contributed by atoms with van der Waals surface area (Å²) >= 11 is 0. The number of benzene rings is 2. The van der Waals surface area contributed by atoms with Gasteiger partial charge < -0.3 is 5.32 Å². The number of amides is 1. The van der Waals surface area contributed by atoms with E-state index < -0.39 is 32.7 Å². The summed E-state index contributed by atoms with van der Waals surface area (Å²) in [6.45, 7) is 6.82. The Balaban J connectivity index is 1.72. The molecule has 2 aromatic carbocycles. The molecule has 0 saturated heterocycles. The van der Waals surface area contributed by atoms with Gasteiger partial charge in [-0.3, -0.25) is 9.48 Å². The first-order valence-electron chi connectivity index (χ1n) is 10.8. The van der Waals surface area contributed by atoms with Gasteiger partial charge in [0, 0.05) is 18.8 Å². The van der Waals surface area contributed by atoms with E-state index in [1.54, 1.807) is 0 Å². The SMILES string of the molecule is Cc1cc(C)n(CC(C)CNC(=O)[C@H](Cc2ccccc2)NS(=O)(=O)c2ccccc2F)n1. The van der Waals surface area contributed by atoms with Crippen LogP contribution in [0.1, 0.15) is 23.9 Å². The van der Waals surface area contributed by atoms with Gasteiger partial charge in [-0.15, -0.1) is 0 Å². The van der Waals surface area contributed by atoms with E-state index in [1.807, 2.05) is 61.9 Å². The lowest BCUT2D eigenvalue weighted by molar-refractivity contribution is -0.122. The second kappa shape index (κ2) is 10.7. The van der Waals surface area contributed by atoms with E-state index in [-0.39, 0.29) is 12.3 Å². The zero-order chi connectivity index (χ0) is 24.0. The zero-order valence-electron chi connectivity index (χ0n) is 19.0. The van der Waals surface area contributed by atoms with Crippen LogP contribution in [-0.2, 0) is 27.8 Å². The van der Waals surface area contributed by atoms with Crippen LogP contribution >= 0.6 is 0 Å². The first kappa shape index (κ1) is 24.6. The van der Waals surface area contributed by atoms with Crippen molar-refractivity contribution in [3.63, 3.8) is 0 Å². The third-order valence-corrected chi connectivity index (χ3v) is 6.74. The number of nitrogens with one attached hydrogen (secondary N) is 2. The number of aromatic nitrogens is 2. The van der Waals surface area contributed by atoms with Gasteiger partial charge >= 0.3 is 0 Å². The van der Waals surface area contributed by atoms with E-state index in [2.05, 4.69) is 15.1 Å². The smallest absolute Gasteiger partial charge is 0.244 e. The van der Waals surface area contributed by atoms with E-state index in [9.17, 15) is 17.6 Å². The molecule has 2 atom stereocenters. The normalized spacial score (nSPS) is 13.5. The van der Waals surface area contributed by atoms with Gasteiger partial charge in [-0.05, 0) is 49.9 Å². The number of sulfonamides is 1. The van der Waals surface area contributed by atoms with Gasteiger partial charge in [0.2, 0.25) is 15.9 Å². The van der Waals surface area contributed by atoms with Gasteiger partial charge in [0.1, 0.15) is 16.8 Å². The summed E-state index contributed by atoms with van der Waals surface area (Å²) in [7, 11) is -4.25. The van der Waals surface area contributed by atoms with Crippen molar-refractivity contribution < 1.29 is 17.6 Å². The molecule has 0 bridgehead atoms. The average molecular weight is 473 g/mol. The fraction of sp³-hybridized carbons (Fsp3) is 0.333. The van der Waals surface area contributed by atoms with Gasteiger partial charge in [0.15, 0.2) is 0 Å². The highest BCUT2D eigenvalue weighted by atomic mass is 32.2. The minimum absolute atomic E-state index is 0.0625. The molecule has 0 fully saturated rings. The Bertz CT molecular complexity index is 1200. The summed E-state index contributed by atoms with van der Waals surface area (Å²) in [5.41, 5.74) is 2.74. The molecule has 1 amide bonds. The van der Waals surface area contributed by atoms with E-state index >= 15 is 0 Å². The predicted molar refractivity (Wildman–Crippen MR) is 125 cm³/mol. The van der Waals surface area contributed by atoms with Crippen LogP contribution in [0, 0.1) is 25.6 Å². The Morgan fingerprint density at radius 3 is 2.39 bits per heavy atom. The standard InChI is InChI=1S/C24H29FN4O3S/c1-17(16-29-19(3)13-18(2)27-29)15-26-24(30)22(14-20-9-5-4-6-10-20)28-33(31,32)23-12-8-7-11-21(23)25/h4-13,17,22,28H,14-16H2,1-3H3,(H,26,30)/t17?,22-/m0/s1. The highest BCUT2D eigenvalue weighted by molar-refractivity contribution is 7.89. The van der Waals surface area contributed by atoms with Gasteiger partial charge in [-0.1, -0.05) is 49.4 Å². The van der Waals surface area contributed by atoms with Crippen LogP contribution in [0.15, 0.2) is 65.6 Å². The summed E-state index contributed by atoms with van der Waals surface area (Å²) in [5.74, 6) is -1.28. The number of carbonyl (C=O) groups excluding carboxylic acids is 1. The molecule has 7 nitrogen and oxygen atoms in total. The number of rotatable bonds is 10. The Labute approximate surface area is 194 Å². The van der Waals surface area contributed by atoms with Crippen molar-refractivity contribution in [2.75, 3.05) is 6.54 Å². The quantitative estimate of drug-likeness (QED) is 0.474. The van der Waals surface area contributed by atoms with Crippen molar-refractivity contribution >= 4 is 15.9 Å². The van der Waals surface area contributed by atoms with Crippen molar-refractivity contribution in [1.29, 1.82) is 0 Å². The third-order valence-electron chi connectivity index (χ3n) is 5.24. The van der Waals surface area contributed by atoms with Crippen LogP contribution in [0.2, 0.25) is 0 Å². The van der Waals surface area contributed by atoms with Crippen LogP contribution in [-0.4, -0.2) is 36.7 Å². The summed E-state index contributed by atoms with van der Waals surface area (Å²) < 4.78 is 44.1. The topological polar surface area (TPSA) is 93.1 Å². The molecule has 1 heterocycles. The maximum atomic E-state index is 14.1. The summed E-state index contributed by atoms with van der Waals surface area (Å²) in [4.78, 5) is 12.5. The first-order chi connectivity index (χ1) is 15.7. The van der Waals surface area contributed by atoms with Crippen LogP contribution in [0.5, 0.6) is 0 Å². The second-order valence-electron chi connectivity index (χ2n) is 8.25. The van der Waals surface area contributed by atoms with Crippen LogP contribution < -0.4 is 10.0 Å². The highest BCUT2D eigenvalue weighted by Gasteiger charge is 2.28. The maximum Gasteiger partial charge on any atom is 0.244 e. The molecule has 9 heteroatoms. The van der Waals surface area contributed by atoms with Crippen LogP contribution in [0.3, 0.4) is 0 Å². The molecular weight excluding hydrogens is 443 g/mol. The Morgan fingerprint density at radius 1 is 1.09 bits per heavy atom. The summed E-state index contributed by atoms with van der Waals surface area (Å²) in [6, 6.07) is 15.1. The lowest BCUT2D eigenvalue weighted by Gasteiger charge is -2.21. The lowest BCUT2D eigenvalue weighted by atomic mass is 10.1. The highest BCUT2D eigenvalue weighted by Crippen LogP contribution is 2.15. The van der Waals surface area contributed by atoms with Gasteiger partial charge in [-0.2, -0.15) is 9.82 Å². The Hall–Kier alpha value is -3.04. The minimum Gasteiger partial charge on any atom is -0.354 e. The van der Waals surface area contributed by atoms with Gasteiger partial charge in [-0.25, -0.2) is 12.8 Å². The lowest BCUT2D eigenvalue weighted by Crippen LogP contribution is -2.49. The molecule has 0 saturated carbocycles. The van der Waals surface area contributed by atoms with Crippen molar-refractivity contribution in [2.24, 2.45) is 5.92 Å². The number of halogens is 1. The maximum absolute atomic E-state index is 14.1. The molecule has 33 heavy (non-hydrogen) atoms. The second-order valence-corrected chi connectivity index (χ2v) is 9.94. The Kier molecular flexibility index (Phi) is 7.99. The summed E-state index contributed by atoms with van der Waals surface area (Å²) in [5, 5.41) is 7.27. The molecule has 1 unspecified atom stereocenters. The Morgan fingerprint density at radius 2 is 1.76 bits per heavy atom. The van der Waals surface area contributed by atoms with E-state index in [0.29, 0.717) is 13.1 Å². The van der Waals surface area contributed by atoms with E-state index in [0.717, 1.165) is 23.0 Å². The number of nitrogens with zero attached hydrogens (tertiary/aromatic N) is 2. The van der Waals surface area contributed by atoms with Gasteiger partial charge in [0.25, 0.3) is 0 Å². The molecule has 0 aliphatic rings. The molecule has 2 N–H and O–H groups in total. The molecule has 0 radical (unpaired) electrons. The molecule has 0 spiro atoms. The first-order valence-corrected chi connectivity index (χ1v) is 12.2. The predicted octanol–water partition coefficient (Wildman–Crippen LogP) is 2.98. The van der Waals surface area contributed by atoms with Crippen LogP contribution in [0.4, 0.5) is 4.39 Å². The van der Waals surface area contributed by atoms with E-state index in [1.165, 1.54) is 18.2 Å². The summed E-state index contributed by atoms with van der Waals surface area (Å²) in [6.07, 6.45) is 0.131. The fourth-order valence-corrected chi connectivity index (χ4v) is 4.84. The molecule has 3 aromatic rings. The van der Waals surface area contributed by atoms with E-state index in [4.69, 9.17) is 0 Å². The van der Waals surface area contributed by atoms with Crippen molar-refractivity contribution in [1.82, 2.24) is 19.8 Å². The fourth-order valence-electron chi connectivity index (χ4n) is 3.57. The molecule has 176 valence electrons. The number of hydrogen-bond donors (Lipinski definition) is 2. The minimum atomic E-state index is -4.25. The molecular formula is C24H29FN4O3S. The number of carbonyl (C=O) groups is 1. The monoisotopic (exact) mass is 472 g/mol. The molecule has 3 rings (SSSR count). The number of aryl methyl sites for hydroxylation is 2. The molecule has 0 aliphatic carbocycles.